The molecule has 0 aliphatic rings. The van der Waals surface area contributed by atoms with Crippen molar-refractivity contribution in [1.29, 1.82) is 0 Å². The van der Waals surface area contributed by atoms with Crippen LogP contribution in [0, 0.1) is 0 Å². The zero-order chi connectivity index (χ0) is 41.2. The Bertz CT molecular complexity index is 3350. The SMILES string of the molecule is CC(C)c1cccc(C(C)C)c1-c1cnc2c3cc(S(c4ccccc4)(c4ccccc4)c4ccc5c6ccccc6n(-c6ccccn6)c5c4)ccc3c3ccccc3n12. The Morgan fingerprint density at radius 3 is 1.62 bits per heavy atom. The third-order valence-electron chi connectivity index (χ3n) is 12.5. The Morgan fingerprint density at radius 1 is 0.426 bits per heavy atom. The Labute approximate surface area is 358 Å². The molecule has 7 aromatic carbocycles. The summed E-state index contributed by atoms with van der Waals surface area (Å²) in [5.74, 6) is 1.61. The molecule has 0 N–H and O–H groups in total. The van der Waals surface area contributed by atoms with Crippen molar-refractivity contribution in [2.24, 2.45) is 0 Å². The number of hydrogen-bond donors (Lipinski definition) is 0. The molecule has 61 heavy (non-hydrogen) atoms. The van der Waals surface area contributed by atoms with E-state index in [9.17, 15) is 0 Å². The van der Waals surface area contributed by atoms with E-state index in [4.69, 9.17) is 9.97 Å². The van der Waals surface area contributed by atoms with Crippen LogP contribution >= 0.6 is 10.0 Å². The summed E-state index contributed by atoms with van der Waals surface area (Å²) in [6.07, 6.45) is 4.01. The number of hydrogen-bond acceptors (Lipinski definition) is 2. The molecule has 0 aliphatic carbocycles. The molecule has 0 atom stereocenters. The van der Waals surface area contributed by atoms with Crippen molar-refractivity contribution in [3.05, 3.63) is 206 Å². The molecule has 0 unspecified atom stereocenters. The summed E-state index contributed by atoms with van der Waals surface area (Å²) in [6, 6.07) is 67.2. The van der Waals surface area contributed by atoms with Crippen molar-refractivity contribution in [3.63, 3.8) is 0 Å². The van der Waals surface area contributed by atoms with Crippen LogP contribution in [0.25, 0.3) is 66.2 Å². The van der Waals surface area contributed by atoms with Crippen LogP contribution in [0.2, 0.25) is 0 Å². The minimum absolute atomic E-state index is 0.354. The lowest BCUT2D eigenvalue weighted by Crippen LogP contribution is -2.06. The summed E-state index contributed by atoms with van der Waals surface area (Å²) in [7, 11) is -2.10. The van der Waals surface area contributed by atoms with Crippen molar-refractivity contribution < 1.29 is 0 Å². The highest BCUT2D eigenvalue weighted by atomic mass is 32.3. The first-order valence-corrected chi connectivity index (χ1v) is 22.9. The standard InChI is InChI=1S/C56H46N4S/c1-37(2)43-24-17-25-44(38(3)4)55(43)53-36-58-56-49-34-41(29-31-45(49)46-22-11-14-27-51(46)60(53)56)61(39-18-7-5-8-19-39,40-20-9-6-10-21-40)42-30-32-48-47-23-12-13-26-50(47)59(52(48)35-42)54-28-15-16-33-57-54/h5-38H,1-4H3. The van der Waals surface area contributed by atoms with E-state index >= 15 is 0 Å². The Hall–Kier alpha value is -6.95. The fraction of sp³-hybridized carbons (Fsp3) is 0.107. The lowest BCUT2D eigenvalue weighted by atomic mass is 9.87. The van der Waals surface area contributed by atoms with Crippen LogP contribution in [0.5, 0.6) is 0 Å². The molecule has 11 aromatic rings. The summed E-state index contributed by atoms with van der Waals surface area (Å²) in [5.41, 5.74) is 9.55. The van der Waals surface area contributed by atoms with E-state index in [1.54, 1.807) is 0 Å². The average molecular weight is 807 g/mol. The smallest absolute Gasteiger partial charge is 0.145 e. The second kappa shape index (κ2) is 14.6. The minimum Gasteiger partial charge on any atom is -0.294 e. The van der Waals surface area contributed by atoms with E-state index in [0.29, 0.717) is 11.8 Å². The number of aromatic nitrogens is 4. The van der Waals surface area contributed by atoms with Gasteiger partial charge in [0.05, 0.1) is 28.4 Å². The van der Waals surface area contributed by atoms with Crippen molar-refractivity contribution in [2.45, 2.75) is 59.1 Å². The highest BCUT2D eigenvalue weighted by Gasteiger charge is 2.35. The van der Waals surface area contributed by atoms with Gasteiger partial charge in [0, 0.05) is 52.9 Å². The fourth-order valence-corrected chi connectivity index (χ4v) is 13.7. The van der Waals surface area contributed by atoms with E-state index in [0.717, 1.165) is 39.1 Å². The molecule has 4 aromatic heterocycles. The van der Waals surface area contributed by atoms with Gasteiger partial charge in [-0.15, -0.1) is 10.0 Å². The third kappa shape index (κ3) is 5.68. The molecular weight excluding hydrogens is 761 g/mol. The van der Waals surface area contributed by atoms with Gasteiger partial charge in [0.25, 0.3) is 0 Å². The lowest BCUT2D eigenvalue weighted by molar-refractivity contribution is 0.836. The largest absolute Gasteiger partial charge is 0.294 e. The highest BCUT2D eigenvalue weighted by molar-refractivity contribution is 8.34. The maximum atomic E-state index is 5.39. The monoisotopic (exact) mass is 806 g/mol. The Kier molecular flexibility index (Phi) is 8.90. The van der Waals surface area contributed by atoms with Crippen molar-refractivity contribution in [2.75, 3.05) is 0 Å². The Morgan fingerprint density at radius 2 is 0.984 bits per heavy atom. The predicted molar refractivity (Wildman–Crippen MR) is 256 cm³/mol. The fourth-order valence-electron chi connectivity index (χ4n) is 9.78. The maximum Gasteiger partial charge on any atom is 0.145 e. The van der Waals surface area contributed by atoms with E-state index in [2.05, 4.69) is 219 Å². The molecule has 4 heterocycles. The summed E-state index contributed by atoms with van der Waals surface area (Å²) < 4.78 is 4.77. The quantitative estimate of drug-likeness (QED) is 0.143. The van der Waals surface area contributed by atoms with Crippen LogP contribution in [0.3, 0.4) is 0 Å². The van der Waals surface area contributed by atoms with Crippen LogP contribution in [-0.4, -0.2) is 18.9 Å². The van der Waals surface area contributed by atoms with Gasteiger partial charge in [-0.2, -0.15) is 0 Å². The molecule has 0 radical (unpaired) electrons. The molecular formula is C56H46N4S. The molecule has 0 fully saturated rings. The van der Waals surface area contributed by atoms with Crippen LogP contribution in [-0.2, 0) is 0 Å². The van der Waals surface area contributed by atoms with Crippen molar-refractivity contribution >= 4 is 59.2 Å². The zero-order valence-corrected chi connectivity index (χ0v) is 35.6. The van der Waals surface area contributed by atoms with Crippen LogP contribution in [0.15, 0.2) is 214 Å². The van der Waals surface area contributed by atoms with Crippen LogP contribution < -0.4 is 0 Å². The first-order chi connectivity index (χ1) is 29.9. The van der Waals surface area contributed by atoms with Crippen molar-refractivity contribution in [3.8, 4) is 17.1 Å². The van der Waals surface area contributed by atoms with Gasteiger partial charge in [-0.3, -0.25) is 8.97 Å². The molecule has 296 valence electrons. The number of rotatable bonds is 8. The molecule has 0 saturated heterocycles. The first-order valence-electron chi connectivity index (χ1n) is 21.3. The first kappa shape index (κ1) is 37.1. The molecule has 0 bridgehead atoms. The van der Waals surface area contributed by atoms with Crippen LogP contribution in [0.1, 0.15) is 50.7 Å². The van der Waals surface area contributed by atoms with Crippen molar-refractivity contribution in [1.82, 2.24) is 18.9 Å². The predicted octanol–water partition coefficient (Wildman–Crippen LogP) is 15.4. The van der Waals surface area contributed by atoms with Gasteiger partial charge < -0.3 is 0 Å². The lowest BCUT2D eigenvalue weighted by Gasteiger charge is -2.42. The van der Waals surface area contributed by atoms with E-state index < -0.39 is 10.0 Å². The number of nitrogens with zero attached hydrogens (tertiary/aromatic N) is 4. The molecule has 0 saturated carbocycles. The second-order valence-electron chi connectivity index (χ2n) is 16.6. The number of para-hydroxylation sites is 2. The Balaban J connectivity index is 1.27. The molecule has 0 amide bonds. The number of imidazole rings is 1. The number of benzene rings is 7. The van der Waals surface area contributed by atoms with E-state index in [1.807, 2.05) is 12.3 Å². The van der Waals surface area contributed by atoms with Crippen LogP contribution in [0.4, 0.5) is 0 Å². The molecule has 4 nitrogen and oxygen atoms in total. The topological polar surface area (TPSA) is 35.1 Å². The van der Waals surface area contributed by atoms with Gasteiger partial charge in [0.1, 0.15) is 11.5 Å². The number of fused-ring (bicyclic) bond motifs is 9. The summed E-state index contributed by atoms with van der Waals surface area (Å²) in [5, 5.41) is 5.97. The third-order valence-corrected chi connectivity index (χ3v) is 16.4. The minimum atomic E-state index is -2.10. The summed E-state index contributed by atoms with van der Waals surface area (Å²) in [6.45, 7) is 9.20. The molecule has 11 rings (SSSR count). The van der Waals surface area contributed by atoms with Gasteiger partial charge in [-0.1, -0.05) is 137 Å². The maximum absolute atomic E-state index is 5.39. The average Bonchev–Trinajstić information content (AvgIpc) is 3.90. The summed E-state index contributed by atoms with van der Waals surface area (Å²) >= 11 is 0. The van der Waals surface area contributed by atoms with Gasteiger partial charge >= 0.3 is 0 Å². The summed E-state index contributed by atoms with van der Waals surface area (Å²) in [4.78, 5) is 15.3. The van der Waals surface area contributed by atoms with Gasteiger partial charge in [-0.05, 0) is 101 Å². The van der Waals surface area contributed by atoms with Gasteiger partial charge in [0.2, 0.25) is 0 Å². The second-order valence-corrected chi connectivity index (χ2v) is 19.7. The molecule has 0 spiro atoms. The molecule has 5 heteroatoms. The zero-order valence-electron chi connectivity index (χ0n) is 34.8. The van der Waals surface area contributed by atoms with E-state index in [-0.39, 0.29) is 0 Å². The molecule has 0 aliphatic heterocycles. The van der Waals surface area contributed by atoms with E-state index in [1.165, 1.54) is 57.8 Å². The number of pyridine rings is 2. The van der Waals surface area contributed by atoms with Gasteiger partial charge in [0.15, 0.2) is 0 Å². The van der Waals surface area contributed by atoms with Gasteiger partial charge in [-0.25, -0.2) is 9.97 Å². The highest BCUT2D eigenvalue weighted by Crippen LogP contribution is 2.74. The normalized spacial score (nSPS) is 12.5.